The summed E-state index contributed by atoms with van der Waals surface area (Å²) in [5, 5.41) is 6.22. The van der Waals surface area contributed by atoms with Crippen LogP contribution in [-0.4, -0.2) is 55.1 Å². The van der Waals surface area contributed by atoms with Crippen LogP contribution in [0.15, 0.2) is 36.9 Å². The van der Waals surface area contributed by atoms with Gasteiger partial charge in [0.1, 0.15) is 23.3 Å². The number of nitrogens with one attached hydrogen (secondary N) is 2. The highest BCUT2D eigenvalue weighted by molar-refractivity contribution is 7.96. The van der Waals surface area contributed by atoms with E-state index >= 15 is 0 Å². The van der Waals surface area contributed by atoms with Crippen LogP contribution in [0.2, 0.25) is 5.02 Å². The molecule has 1 fully saturated rings. The van der Waals surface area contributed by atoms with Gasteiger partial charge in [-0.05, 0) is 36.8 Å². The molecule has 13 heteroatoms. The first-order valence-electron chi connectivity index (χ1n) is 11.2. The van der Waals surface area contributed by atoms with Crippen molar-refractivity contribution in [2.45, 2.75) is 38.5 Å². The predicted molar refractivity (Wildman–Crippen MR) is 134 cm³/mol. The van der Waals surface area contributed by atoms with Crippen molar-refractivity contribution in [1.29, 1.82) is 0 Å². The molecular formula is C23H25ClF3N7OS. The summed E-state index contributed by atoms with van der Waals surface area (Å²) in [6.07, 6.45) is 2.68. The summed E-state index contributed by atoms with van der Waals surface area (Å²) in [6.45, 7) is 3.48. The van der Waals surface area contributed by atoms with Crippen LogP contribution in [0.1, 0.15) is 30.9 Å². The van der Waals surface area contributed by atoms with Gasteiger partial charge in [0.2, 0.25) is 11.9 Å². The standard InChI is InChI=1S/C23H25ClF3N7OS/c1-14(35)28-10-15-3-4-20(18(24)9-15)33-12-19(30-13-33)21-17(23(25,26)27)11-29-22(32-21)31-16-5-7-34(36-2)8-6-16/h3-4,9,11-13,16H,5-8,10H2,1-2H3,(H,28,35)(H,29,31,32). The lowest BCUT2D eigenvalue weighted by Gasteiger charge is -2.30. The molecule has 0 saturated carbocycles. The van der Waals surface area contributed by atoms with Crippen LogP contribution in [0.4, 0.5) is 19.1 Å². The molecular weight excluding hydrogens is 515 g/mol. The van der Waals surface area contributed by atoms with Crippen molar-refractivity contribution in [2.24, 2.45) is 0 Å². The lowest BCUT2D eigenvalue weighted by molar-refractivity contribution is -0.137. The molecule has 0 aliphatic carbocycles. The van der Waals surface area contributed by atoms with Crippen LogP contribution in [0.3, 0.4) is 0 Å². The van der Waals surface area contributed by atoms with Gasteiger partial charge >= 0.3 is 6.18 Å². The second kappa shape index (κ2) is 11.1. The lowest BCUT2D eigenvalue weighted by Crippen LogP contribution is -2.35. The molecule has 1 aliphatic heterocycles. The summed E-state index contributed by atoms with van der Waals surface area (Å²) >= 11 is 8.09. The van der Waals surface area contributed by atoms with Crippen LogP contribution in [0.25, 0.3) is 17.1 Å². The van der Waals surface area contributed by atoms with Crippen LogP contribution >= 0.6 is 23.5 Å². The van der Waals surface area contributed by atoms with E-state index in [9.17, 15) is 18.0 Å². The maximum absolute atomic E-state index is 13.8. The number of carbonyl (C=O) groups is 1. The van der Waals surface area contributed by atoms with Crippen LogP contribution < -0.4 is 10.6 Å². The van der Waals surface area contributed by atoms with E-state index in [1.165, 1.54) is 24.0 Å². The molecule has 3 heterocycles. The number of rotatable bonds is 7. The zero-order valence-corrected chi connectivity index (χ0v) is 21.2. The number of benzene rings is 1. The first-order chi connectivity index (χ1) is 17.1. The van der Waals surface area contributed by atoms with Gasteiger partial charge in [-0.1, -0.05) is 29.6 Å². The van der Waals surface area contributed by atoms with E-state index in [1.54, 1.807) is 30.1 Å². The smallest absolute Gasteiger partial charge is 0.352 e. The van der Waals surface area contributed by atoms with Crippen molar-refractivity contribution < 1.29 is 18.0 Å². The molecule has 0 bridgehead atoms. The summed E-state index contributed by atoms with van der Waals surface area (Å²) in [7, 11) is 0. The Kier molecular flexibility index (Phi) is 8.06. The van der Waals surface area contributed by atoms with Gasteiger partial charge in [-0.3, -0.25) is 9.10 Å². The Balaban J connectivity index is 1.60. The monoisotopic (exact) mass is 539 g/mol. The lowest BCUT2D eigenvalue weighted by atomic mass is 10.1. The minimum absolute atomic E-state index is 0.0448. The molecule has 2 N–H and O–H groups in total. The Morgan fingerprint density at radius 2 is 2.00 bits per heavy atom. The van der Waals surface area contributed by atoms with Gasteiger partial charge in [-0.15, -0.1) is 0 Å². The number of alkyl halides is 3. The number of aromatic nitrogens is 4. The SMILES string of the molecule is CSN1CCC(Nc2ncc(C(F)(F)F)c(-c3cn(-c4ccc(CNC(C)=O)cc4Cl)cn3)n2)CC1. The Morgan fingerprint density at radius 3 is 2.64 bits per heavy atom. The number of anilines is 1. The Morgan fingerprint density at radius 1 is 1.25 bits per heavy atom. The van der Waals surface area contributed by atoms with Crippen LogP contribution in [-0.2, 0) is 17.5 Å². The second-order valence-electron chi connectivity index (χ2n) is 8.35. The number of hydrogen-bond acceptors (Lipinski definition) is 7. The van der Waals surface area contributed by atoms with Gasteiger partial charge in [0, 0.05) is 45.0 Å². The molecule has 0 spiro atoms. The number of nitrogens with zero attached hydrogens (tertiary/aromatic N) is 5. The van der Waals surface area contributed by atoms with Gasteiger partial charge < -0.3 is 15.2 Å². The highest BCUT2D eigenvalue weighted by Crippen LogP contribution is 2.36. The first-order valence-corrected chi connectivity index (χ1v) is 12.8. The van der Waals surface area contributed by atoms with Crippen molar-refractivity contribution in [3.63, 3.8) is 0 Å². The van der Waals surface area contributed by atoms with Crippen LogP contribution in [0.5, 0.6) is 0 Å². The highest BCUT2D eigenvalue weighted by Gasteiger charge is 2.36. The van der Waals surface area contributed by atoms with E-state index in [2.05, 4.69) is 29.9 Å². The van der Waals surface area contributed by atoms with Gasteiger partial charge in [-0.25, -0.2) is 15.0 Å². The molecule has 3 aromatic rings. The molecule has 0 unspecified atom stereocenters. The van der Waals surface area contributed by atoms with Gasteiger partial charge in [0.15, 0.2) is 0 Å². The summed E-state index contributed by atoms with van der Waals surface area (Å²) in [5.41, 5.74) is 0.0892. The van der Waals surface area contributed by atoms with E-state index in [4.69, 9.17) is 11.6 Å². The fourth-order valence-electron chi connectivity index (χ4n) is 3.89. The minimum Gasteiger partial charge on any atom is -0.352 e. The molecule has 1 aliphatic rings. The molecule has 36 heavy (non-hydrogen) atoms. The molecule has 4 rings (SSSR count). The summed E-state index contributed by atoms with van der Waals surface area (Å²) in [4.78, 5) is 23.5. The third-order valence-corrected chi connectivity index (χ3v) is 6.98. The third kappa shape index (κ3) is 6.29. The number of hydrogen-bond donors (Lipinski definition) is 2. The fourth-order valence-corrected chi connectivity index (χ4v) is 4.77. The maximum Gasteiger partial charge on any atom is 0.420 e. The summed E-state index contributed by atoms with van der Waals surface area (Å²) in [6, 6.07) is 5.24. The maximum atomic E-state index is 13.8. The average molecular weight is 540 g/mol. The Hall–Kier alpha value is -2.83. The number of halogens is 4. The average Bonchev–Trinajstić information content (AvgIpc) is 3.32. The normalized spacial score (nSPS) is 15.2. The van der Waals surface area contributed by atoms with Gasteiger partial charge in [0.05, 0.1) is 10.7 Å². The molecule has 0 radical (unpaired) electrons. The quantitative estimate of drug-likeness (QED) is 0.417. The van der Waals surface area contributed by atoms with Crippen molar-refractivity contribution in [1.82, 2.24) is 29.1 Å². The third-order valence-electron chi connectivity index (χ3n) is 5.80. The van der Waals surface area contributed by atoms with Crippen molar-refractivity contribution in [3.8, 4) is 17.1 Å². The predicted octanol–water partition coefficient (Wildman–Crippen LogP) is 4.79. The highest BCUT2D eigenvalue weighted by atomic mass is 35.5. The van der Waals surface area contributed by atoms with E-state index in [-0.39, 0.29) is 29.3 Å². The molecule has 1 aromatic carbocycles. The van der Waals surface area contributed by atoms with Crippen molar-refractivity contribution >= 4 is 35.4 Å². The fraction of sp³-hybridized carbons (Fsp3) is 0.391. The number of piperidine rings is 1. The van der Waals surface area contributed by atoms with Crippen molar-refractivity contribution in [2.75, 3.05) is 24.7 Å². The number of imidazole rings is 1. The summed E-state index contributed by atoms with van der Waals surface area (Å²) in [5.74, 6) is -0.0328. The van der Waals surface area contributed by atoms with E-state index in [0.29, 0.717) is 17.3 Å². The number of amides is 1. The van der Waals surface area contributed by atoms with Gasteiger partial charge in [-0.2, -0.15) is 13.2 Å². The first kappa shape index (κ1) is 26.2. The largest absolute Gasteiger partial charge is 0.420 e. The van der Waals surface area contributed by atoms with Gasteiger partial charge in [0.25, 0.3) is 0 Å². The molecule has 2 aromatic heterocycles. The summed E-state index contributed by atoms with van der Waals surface area (Å²) < 4.78 is 45.1. The Bertz CT molecular complexity index is 1230. The second-order valence-corrected chi connectivity index (χ2v) is 9.63. The Labute approximate surface area is 215 Å². The topological polar surface area (TPSA) is 88.0 Å². The number of carbonyl (C=O) groups excluding carboxylic acids is 1. The van der Waals surface area contributed by atoms with E-state index in [0.717, 1.165) is 37.7 Å². The molecule has 192 valence electrons. The zero-order valence-electron chi connectivity index (χ0n) is 19.6. The minimum atomic E-state index is -4.65. The molecule has 1 amide bonds. The van der Waals surface area contributed by atoms with E-state index < -0.39 is 11.7 Å². The molecule has 8 nitrogen and oxygen atoms in total. The van der Waals surface area contributed by atoms with Crippen LogP contribution in [0, 0.1) is 0 Å². The molecule has 1 saturated heterocycles. The van der Waals surface area contributed by atoms with Crippen molar-refractivity contribution in [3.05, 3.63) is 53.1 Å². The van der Waals surface area contributed by atoms with E-state index in [1.807, 2.05) is 6.26 Å². The zero-order chi connectivity index (χ0) is 25.9. The molecule has 0 atom stereocenters.